The normalized spacial score (nSPS) is 41.1. The molecule has 1 aliphatic carbocycles. The molecule has 4 rings (SSSR count). The van der Waals surface area contributed by atoms with Crippen LogP contribution in [-0.2, 0) is 0 Å². The lowest BCUT2D eigenvalue weighted by Crippen LogP contribution is -2.46. The van der Waals surface area contributed by atoms with E-state index in [1.165, 1.54) is 71.2 Å². The van der Waals surface area contributed by atoms with Crippen molar-refractivity contribution in [1.29, 1.82) is 0 Å². The highest BCUT2D eigenvalue weighted by atomic mass is 15.3. The molecule has 1 saturated carbocycles. The Labute approximate surface area is 129 Å². The average Bonchev–Trinajstić information content (AvgIpc) is 3.07. The van der Waals surface area contributed by atoms with Crippen LogP contribution >= 0.6 is 0 Å². The highest BCUT2D eigenvalue weighted by molar-refractivity contribution is 4.99. The minimum absolute atomic E-state index is 0.460. The fraction of sp³-hybridized carbons (Fsp3) is 1.00. The molecule has 3 saturated heterocycles. The molecular weight excluding hydrogens is 260 g/mol. The average molecular weight is 292 g/mol. The Morgan fingerprint density at radius 1 is 0.762 bits per heavy atom. The molecular formula is C17H32N4. The Kier molecular flexibility index (Phi) is 3.99. The van der Waals surface area contributed by atoms with Gasteiger partial charge in [-0.05, 0) is 58.5 Å². The van der Waals surface area contributed by atoms with E-state index in [9.17, 15) is 0 Å². The zero-order valence-corrected chi connectivity index (χ0v) is 13.6. The van der Waals surface area contributed by atoms with Gasteiger partial charge in [-0.25, -0.2) is 0 Å². The molecule has 2 N–H and O–H groups in total. The van der Waals surface area contributed by atoms with E-state index in [-0.39, 0.29) is 0 Å². The summed E-state index contributed by atoms with van der Waals surface area (Å²) < 4.78 is 0. The highest BCUT2D eigenvalue weighted by Gasteiger charge is 2.42. The minimum atomic E-state index is 0.460. The molecule has 4 nitrogen and oxygen atoms in total. The van der Waals surface area contributed by atoms with Crippen molar-refractivity contribution < 1.29 is 0 Å². The van der Waals surface area contributed by atoms with Gasteiger partial charge in [0, 0.05) is 49.8 Å². The van der Waals surface area contributed by atoms with Gasteiger partial charge in [-0.1, -0.05) is 0 Å². The molecule has 4 fully saturated rings. The zero-order chi connectivity index (χ0) is 14.4. The predicted octanol–water partition coefficient (Wildman–Crippen LogP) is 1.11. The van der Waals surface area contributed by atoms with Crippen molar-refractivity contribution in [1.82, 2.24) is 14.7 Å². The predicted molar refractivity (Wildman–Crippen MR) is 86.4 cm³/mol. The SMILES string of the molecule is CC1CC(N2CCC(N3CCC(N)CC3)C2)CN1C1CC1. The summed E-state index contributed by atoms with van der Waals surface area (Å²) >= 11 is 0. The Morgan fingerprint density at radius 3 is 2.19 bits per heavy atom. The number of rotatable bonds is 3. The van der Waals surface area contributed by atoms with E-state index in [2.05, 4.69) is 21.6 Å². The first-order chi connectivity index (χ1) is 10.2. The molecule has 4 aliphatic rings. The van der Waals surface area contributed by atoms with Crippen molar-refractivity contribution in [3.8, 4) is 0 Å². The Morgan fingerprint density at radius 2 is 1.48 bits per heavy atom. The van der Waals surface area contributed by atoms with Crippen molar-refractivity contribution in [2.24, 2.45) is 5.73 Å². The number of likely N-dealkylation sites (tertiary alicyclic amines) is 3. The summed E-state index contributed by atoms with van der Waals surface area (Å²) in [6, 6.07) is 3.85. The van der Waals surface area contributed by atoms with Crippen LogP contribution in [0.25, 0.3) is 0 Å². The largest absolute Gasteiger partial charge is 0.328 e. The summed E-state index contributed by atoms with van der Waals surface area (Å²) in [5.74, 6) is 0. The molecule has 0 radical (unpaired) electrons. The topological polar surface area (TPSA) is 35.7 Å². The molecule has 0 amide bonds. The highest BCUT2D eigenvalue weighted by Crippen LogP contribution is 2.35. The van der Waals surface area contributed by atoms with Crippen LogP contribution in [0.2, 0.25) is 0 Å². The van der Waals surface area contributed by atoms with E-state index < -0.39 is 0 Å². The van der Waals surface area contributed by atoms with Crippen molar-refractivity contribution in [3.05, 3.63) is 0 Å². The van der Waals surface area contributed by atoms with Crippen LogP contribution < -0.4 is 5.73 Å². The number of nitrogens with zero attached hydrogens (tertiary/aromatic N) is 3. The summed E-state index contributed by atoms with van der Waals surface area (Å²) in [6.45, 7) is 8.87. The first-order valence-corrected chi connectivity index (χ1v) is 9.20. The standard InChI is InChI=1S/C17H32N4/c1-13-10-17(12-21(13)15-2-3-15)20-9-6-16(11-20)19-7-4-14(18)5-8-19/h13-17H,2-12,18H2,1H3. The van der Waals surface area contributed by atoms with Crippen LogP contribution in [0.3, 0.4) is 0 Å². The van der Waals surface area contributed by atoms with Gasteiger partial charge in [0.2, 0.25) is 0 Å². The van der Waals surface area contributed by atoms with Gasteiger partial charge in [-0.2, -0.15) is 0 Å². The third-order valence-electron chi connectivity index (χ3n) is 6.42. The molecule has 3 aliphatic heterocycles. The molecule has 0 bridgehead atoms. The van der Waals surface area contributed by atoms with Crippen LogP contribution in [0.15, 0.2) is 0 Å². The van der Waals surface area contributed by atoms with Gasteiger partial charge in [-0.15, -0.1) is 0 Å². The van der Waals surface area contributed by atoms with E-state index in [0.717, 1.165) is 24.2 Å². The van der Waals surface area contributed by atoms with Crippen molar-refractivity contribution in [2.75, 3.05) is 32.7 Å². The van der Waals surface area contributed by atoms with E-state index >= 15 is 0 Å². The summed E-state index contributed by atoms with van der Waals surface area (Å²) in [7, 11) is 0. The Hall–Kier alpha value is -0.160. The second kappa shape index (κ2) is 5.80. The lowest BCUT2D eigenvalue weighted by Gasteiger charge is -2.35. The Bertz CT molecular complexity index is 362. The summed E-state index contributed by atoms with van der Waals surface area (Å²) in [5, 5.41) is 0. The van der Waals surface area contributed by atoms with Gasteiger partial charge in [0.05, 0.1) is 0 Å². The second-order valence-electron chi connectivity index (χ2n) is 7.98. The minimum Gasteiger partial charge on any atom is -0.328 e. The molecule has 0 aromatic carbocycles. The third-order valence-corrected chi connectivity index (χ3v) is 6.42. The molecule has 0 spiro atoms. The number of hydrogen-bond acceptors (Lipinski definition) is 4. The van der Waals surface area contributed by atoms with Crippen LogP contribution in [0.1, 0.15) is 45.4 Å². The van der Waals surface area contributed by atoms with E-state index in [1.807, 2.05) is 0 Å². The second-order valence-corrected chi connectivity index (χ2v) is 7.98. The van der Waals surface area contributed by atoms with Gasteiger partial charge in [0.15, 0.2) is 0 Å². The number of hydrogen-bond donors (Lipinski definition) is 1. The molecule has 0 aromatic heterocycles. The summed E-state index contributed by atoms with van der Waals surface area (Å²) in [5.41, 5.74) is 6.04. The van der Waals surface area contributed by atoms with Crippen LogP contribution in [-0.4, -0.2) is 77.6 Å². The summed E-state index contributed by atoms with van der Waals surface area (Å²) in [6.07, 6.45) is 8.08. The quantitative estimate of drug-likeness (QED) is 0.845. The molecule has 3 unspecified atom stereocenters. The molecule has 3 atom stereocenters. The Balaban J connectivity index is 1.30. The molecule has 4 heteroatoms. The van der Waals surface area contributed by atoms with E-state index in [1.54, 1.807) is 0 Å². The van der Waals surface area contributed by atoms with Crippen molar-refractivity contribution in [2.45, 2.75) is 75.7 Å². The first kappa shape index (κ1) is 14.4. The molecule has 120 valence electrons. The van der Waals surface area contributed by atoms with E-state index in [0.29, 0.717) is 6.04 Å². The third kappa shape index (κ3) is 3.00. The van der Waals surface area contributed by atoms with Gasteiger partial charge >= 0.3 is 0 Å². The molecule has 21 heavy (non-hydrogen) atoms. The fourth-order valence-electron chi connectivity index (χ4n) is 4.89. The van der Waals surface area contributed by atoms with E-state index in [4.69, 9.17) is 5.73 Å². The van der Waals surface area contributed by atoms with Crippen LogP contribution in [0, 0.1) is 0 Å². The number of piperidine rings is 1. The smallest absolute Gasteiger partial charge is 0.0238 e. The van der Waals surface area contributed by atoms with Crippen LogP contribution in [0.4, 0.5) is 0 Å². The summed E-state index contributed by atoms with van der Waals surface area (Å²) in [4.78, 5) is 8.32. The van der Waals surface area contributed by atoms with Gasteiger partial charge in [-0.3, -0.25) is 14.7 Å². The lowest BCUT2D eigenvalue weighted by atomic mass is 10.0. The van der Waals surface area contributed by atoms with Crippen molar-refractivity contribution >= 4 is 0 Å². The van der Waals surface area contributed by atoms with Crippen molar-refractivity contribution in [3.63, 3.8) is 0 Å². The zero-order valence-electron chi connectivity index (χ0n) is 13.6. The van der Waals surface area contributed by atoms with Crippen LogP contribution in [0.5, 0.6) is 0 Å². The maximum atomic E-state index is 6.04. The molecule has 0 aromatic rings. The van der Waals surface area contributed by atoms with Gasteiger partial charge in [0.25, 0.3) is 0 Å². The maximum absolute atomic E-state index is 6.04. The first-order valence-electron chi connectivity index (χ1n) is 9.20. The number of nitrogens with two attached hydrogens (primary N) is 1. The van der Waals surface area contributed by atoms with Gasteiger partial charge in [0.1, 0.15) is 0 Å². The maximum Gasteiger partial charge on any atom is 0.0238 e. The fourth-order valence-corrected chi connectivity index (χ4v) is 4.89. The van der Waals surface area contributed by atoms with Gasteiger partial charge < -0.3 is 5.73 Å². The molecule has 3 heterocycles. The monoisotopic (exact) mass is 292 g/mol. The lowest BCUT2D eigenvalue weighted by molar-refractivity contribution is 0.143.